The third-order valence-corrected chi connectivity index (χ3v) is 5.94. The highest BCUT2D eigenvalue weighted by molar-refractivity contribution is 5.76. The number of benzene rings is 1. The number of halogens is 1. The number of anilines is 1. The molecule has 0 radical (unpaired) electrons. The van der Waals surface area contributed by atoms with Gasteiger partial charge < -0.3 is 14.2 Å². The Morgan fingerprint density at radius 2 is 1.89 bits per heavy atom. The highest BCUT2D eigenvalue weighted by atomic mass is 19.1. The average Bonchev–Trinajstić information content (AvgIpc) is 3.26. The molecule has 2 aromatic rings. The largest absolute Gasteiger partial charge is 0.469 e. The quantitative estimate of drug-likeness (QED) is 0.793. The molecule has 1 atom stereocenters. The monoisotopic (exact) mass is 385 g/mol. The first kappa shape index (κ1) is 19.0. The van der Waals surface area contributed by atoms with Crippen molar-refractivity contribution < 1.29 is 13.6 Å². The minimum atomic E-state index is -0.151. The predicted molar refractivity (Wildman–Crippen MR) is 107 cm³/mol. The van der Waals surface area contributed by atoms with E-state index < -0.39 is 0 Å². The molecule has 1 amide bonds. The van der Waals surface area contributed by atoms with Crippen molar-refractivity contribution in [2.24, 2.45) is 0 Å². The summed E-state index contributed by atoms with van der Waals surface area (Å²) in [7, 11) is 0. The molecule has 6 heteroatoms. The fourth-order valence-corrected chi connectivity index (χ4v) is 4.36. The van der Waals surface area contributed by atoms with Crippen LogP contribution in [0.5, 0.6) is 0 Å². The SMILES string of the molecule is O=C(CCc1ccco1)N1CCC[C@@H](N2CCN(c3ccccc3F)CC2)C1. The van der Waals surface area contributed by atoms with Crippen LogP contribution in [0.25, 0.3) is 0 Å². The van der Waals surface area contributed by atoms with Crippen LogP contribution in [0.15, 0.2) is 47.1 Å². The lowest BCUT2D eigenvalue weighted by Crippen LogP contribution is -2.56. The van der Waals surface area contributed by atoms with Crippen molar-refractivity contribution >= 4 is 11.6 Å². The third kappa shape index (κ3) is 4.38. The van der Waals surface area contributed by atoms with Gasteiger partial charge in [0.15, 0.2) is 0 Å². The minimum absolute atomic E-state index is 0.151. The van der Waals surface area contributed by atoms with Crippen LogP contribution in [0.3, 0.4) is 0 Å². The number of piperazine rings is 1. The number of piperidine rings is 1. The number of rotatable bonds is 5. The van der Waals surface area contributed by atoms with Gasteiger partial charge in [-0.1, -0.05) is 12.1 Å². The molecule has 5 nitrogen and oxygen atoms in total. The fraction of sp³-hybridized carbons (Fsp3) is 0.500. The summed E-state index contributed by atoms with van der Waals surface area (Å²) in [5, 5.41) is 0. The van der Waals surface area contributed by atoms with Crippen LogP contribution in [0.4, 0.5) is 10.1 Å². The van der Waals surface area contributed by atoms with E-state index >= 15 is 0 Å². The molecule has 0 bridgehead atoms. The van der Waals surface area contributed by atoms with E-state index in [1.165, 1.54) is 6.07 Å². The van der Waals surface area contributed by atoms with E-state index in [-0.39, 0.29) is 11.7 Å². The highest BCUT2D eigenvalue weighted by Crippen LogP contribution is 2.23. The van der Waals surface area contributed by atoms with Crippen molar-refractivity contribution in [3.63, 3.8) is 0 Å². The number of furan rings is 1. The molecule has 2 saturated heterocycles. The molecule has 0 unspecified atom stereocenters. The van der Waals surface area contributed by atoms with E-state index in [0.717, 1.165) is 57.9 Å². The number of likely N-dealkylation sites (tertiary alicyclic amines) is 1. The Bertz CT molecular complexity index is 772. The first-order valence-corrected chi connectivity index (χ1v) is 10.2. The Labute approximate surface area is 165 Å². The summed E-state index contributed by atoms with van der Waals surface area (Å²) in [6.45, 7) is 5.12. The van der Waals surface area contributed by atoms with Crippen LogP contribution in [0.1, 0.15) is 25.0 Å². The summed E-state index contributed by atoms with van der Waals surface area (Å²) in [5.41, 5.74) is 0.695. The van der Waals surface area contributed by atoms with Crippen LogP contribution >= 0.6 is 0 Å². The van der Waals surface area contributed by atoms with Crippen molar-refractivity contribution in [3.05, 3.63) is 54.2 Å². The van der Waals surface area contributed by atoms with Crippen molar-refractivity contribution in [2.75, 3.05) is 44.2 Å². The smallest absolute Gasteiger partial charge is 0.223 e. The van der Waals surface area contributed by atoms with Gasteiger partial charge in [0.05, 0.1) is 12.0 Å². The Morgan fingerprint density at radius 1 is 1.07 bits per heavy atom. The zero-order valence-corrected chi connectivity index (χ0v) is 16.2. The first-order valence-electron chi connectivity index (χ1n) is 10.2. The molecular formula is C22H28FN3O2. The van der Waals surface area contributed by atoms with Crippen LogP contribution in [-0.4, -0.2) is 61.0 Å². The second-order valence-electron chi connectivity index (χ2n) is 7.69. The summed E-state index contributed by atoms with van der Waals surface area (Å²) < 4.78 is 19.4. The topological polar surface area (TPSA) is 39.9 Å². The lowest BCUT2D eigenvalue weighted by Gasteiger charge is -2.44. The van der Waals surface area contributed by atoms with Gasteiger partial charge in [-0.15, -0.1) is 0 Å². The lowest BCUT2D eigenvalue weighted by molar-refractivity contribution is -0.133. The highest BCUT2D eigenvalue weighted by Gasteiger charge is 2.30. The minimum Gasteiger partial charge on any atom is -0.469 e. The van der Waals surface area contributed by atoms with E-state index in [9.17, 15) is 9.18 Å². The summed E-state index contributed by atoms with van der Waals surface area (Å²) in [6.07, 6.45) is 4.99. The van der Waals surface area contributed by atoms with Crippen LogP contribution in [0.2, 0.25) is 0 Å². The van der Waals surface area contributed by atoms with Crippen LogP contribution in [0, 0.1) is 5.82 Å². The van der Waals surface area contributed by atoms with E-state index in [1.807, 2.05) is 29.2 Å². The number of carbonyl (C=O) groups is 1. The van der Waals surface area contributed by atoms with E-state index in [0.29, 0.717) is 24.6 Å². The molecule has 0 spiro atoms. The zero-order valence-electron chi connectivity index (χ0n) is 16.2. The van der Waals surface area contributed by atoms with Crippen molar-refractivity contribution in [1.29, 1.82) is 0 Å². The molecule has 150 valence electrons. The van der Waals surface area contributed by atoms with Gasteiger partial charge in [0.1, 0.15) is 11.6 Å². The molecule has 2 fully saturated rings. The van der Waals surface area contributed by atoms with Crippen LogP contribution in [-0.2, 0) is 11.2 Å². The Kier molecular flexibility index (Phi) is 5.95. The number of aryl methyl sites for hydroxylation is 1. The maximum Gasteiger partial charge on any atom is 0.223 e. The molecule has 1 aromatic carbocycles. The first-order chi connectivity index (χ1) is 13.7. The summed E-state index contributed by atoms with van der Waals surface area (Å²) in [5.74, 6) is 0.930. The van der Waals surface area contributed by atoms with E-state index in [2.05, 4.69) is 9.80 Å². The molecule has 2 aliphatic heterocycles. The van der Waals surface area contributed by atoms with Crippen LogP contribution < -0.4 is 4.90 Å². The van der Waals surface area contributed by atoms with Gasteiger partial charge in [0, 0.05) is 58.2 Å². The molecule has 3 heterocycles. The molecule has 0 aliphatic carbocycles. The molecule has 1 aromatic heterocycles. The second-order valence-corrected chi connectivity index (χ2v) is 7.69. The van der Waals surface area contributed by atoms with E-state index in [4.69, 9.17) is 4.42 Å². The lowest BCUT2D eigenvalue weighted by atomic mass is 10.0. The number of carbonyl (C=O) groups excluding carboxylic acids is 1. The number of para-hydroxylation sites is 1. The number of hydrogen-bond acceptors (Lipinski definition) is 4. The molecule has 0 saturated carbocycles. The number of hydrogen-bond donors (Lipinski definition) is 0. The Morgan fingerprint density at radius 3 is 2.64 bits per heavy atom. The van der Waals surface area contributed by atoms with Gasteiger partial charge in [-0.05, 0) is 37.1 Å². The average molecular weight is 385 g/mol. The maximum absolute atomic E-state index is 14.0. The van der Waals surface area contributed by atoms with Gasteiger partial charge in [-0.3, -0.25) is 9.69 Å². The Hall–Kier alpha value is -2.34. The standard InChI is InChI=1S/C22H28FN3O2/c23-20-7-1-2-8-21(20)25-14-12-24(13-15-25)18-5-3-11-26(17-18)22(27)10-9-19-6-4-16-28-19/h1-2,4,6-8,16,18H,3,5,9-15,17H2/t18-/m1/s1. The van der Waals surface area contributed by atoms with Gasteiger partial charge in [-0.2, -0.15) is 0 Å². The molecule has 0 N–H and O–H groups in total. The van der Waals surface area contributed by atoms with Gasteiger partial charge in [0.2, 0.25) is 5.91 Å². The Balaban J connectivity index is 1.28. The number of nitrogens with zero attached hydrogens (tertiary/aromatic N) is 3. The summed E-state index contributed by atoms with van der Waals surface area (Å²) >= 11 is 0. The second kappa shape index (κ2) is 8.78. The van der Waals surface area contributed by atoms with Crippen molar-refractivity contribution in [1.82, 2.24) is 9.80 Å². The molecule has 28 heavy (non-hydrogen) atoms. The zero-order chi connectivity index (χ0) is 19.3. The van der Waals surface area contributed by atoms with Gasteiger partial charge in [-0.25, -0.2) is 4.39 Å². The molecule has 2 aliphatic rings. The summed E-state index contributed by atoms with van der Waals surface area (Å²) in [6, 6.07) is 11.2. The van der Waals surface area contributed by atoms with Crippen molar-refractivity contribution in [3.8, 4) is 0 Å². The normalized spacial score (nSPS) is 21.1. The molecular weight excluding hydrogens is 357 g/mol. The maximum atomic E-state index is 14.0. The third-order valence-electron chi connectivity index (χ3n) is 5.94. The van der Waals surface area contributed by atoms with Crippen molar-refractivity contribution in [2.45, 2.75) is 31.7 Å². The number of amides is 1. The summed E-state index contributed by atoms with van der Waals surface area (Å²) in [4.78, 5) is 19.2. The fourth-order valence-electron chi connectivity index (χ4n) is 4.36. The molecule has 4 rings (SSSR count). The van der Waals surface area contributed by atoms with Gasteiger partial charge in [0.25, 0.3) is 0 Å². The van der Waals surface area contributed by atoms with E-state index in [1.54, 1.807) is 12.3 Å². The van der Waals surface area contributed by atoms with Gasteiger partial charge >= 0.3 is 0 Å². The predicted octanol–water partition coefficient (Wildman–Crippen LogP) is 3.16.